The van der Waals surface area contributed by atoms with Gasteiger partial charge in [0.1, 0.15) is 11.5 Å². The molecule has 0 atom stereocenters. The fourth-order valence-corrected chi connectivity index (χ4v) is 2.51. The topological polar surface area (TPSA) is 65.7 Å². The Morgan fingerprint density at radius 3 is 2.41 bits per heavy atom. The van der Waals surface area contributed by atoms with Crippen LogP contribution in [0, 0.1) is 5.92 Å². The summed E-state index contributed by atoms with van der Waals surface area (Å²) >= 11 is 0. The monoisotopic (exact) mass is 300 g/mol. The van der Waals surface area contributed by atoms with Crippen LogP contribution < -0.4 is 9.47 Å². The van der Waals surface area contributed by atoms with Crippen LogP contribution in [0.1, 0.15) is 36.2 Å². The van der Waals surface area contributed by atoms with Gasteiger partial charge in [-0.2, -0.15) is 0 Å². The summed E-state index contributed by atoms with van der Waals surface area (Å²) in [4.78, 5) is 23.8. The zero-order chi connectivity index (χ0) is 15.4. The lowest BCUT2D eigenvalue weighted by molar-refractivity contribution is -0.138. The molecule has 0 amide bonds. The van der Waals surface area contributed by atoms with Gasteiger partial charge in [-0.05, 0) is 37.1 Å². The smallest absolute Gasteiger partial charge is 0.379 e. The number of furan rings is 1. The summed E-state index contributed by atoms with van der Waals surface area (Å²) in [6.45, 7) is 0. The van der Waals surface area contributed by atoms with Crippen LogP contribution in [0.4, 0.5) is 0 Å². The third-order valence-corrected chi connectivity index (χ3v) is 3.65. The predicted molar refractivity (Wildman–Crippen MR) is 77.7 cm³/mol. The van der Waals surface area contributed by atoms with Gasteiger partial charge in [0.15, 0.2) is 0 Å². The molecule has 1 aliphatic rings. The number of carbonyl (C=O) groups excluding carboxylic acids is 2. The van der Waals surface area contributed by atoms with Gasteiger partial charge in [-0.25, -0.2) is 4.79 Å². The van der Waals surface area contributed by atoms with E-state index in [4.69, 9.17) is 13.9 Å². The molecule has 114 valence electrons. The molecule has 0 bridgehead atoms. The molecule has 1 aromatic heterocycles. The van der Waals surface area contributed by atoms with E-state index in [-0.39, 0.29) is 17.6 Å². The van der Waals surface area contributed by atoms with Crippen molar-refractivity contribution in [1.29, 1.82) is 0 Å². The highest BCUT2D eigenvalue weighted by Gasteiger charge is 2.24. The average molecular weight is 300 g/mol. The van der Waals surface area contributed by atoms with E-state index in [0.717, 1.165) is 25.7 Å². The number of benzene rings is 1. The maximum Gasteiger partial charge on any atom is 0.379 e. The summed E-state index contributed by atoms with van der Waals surface area (Å²) in [7, 11) is 0. The van der Waals surface area contributed by atoms with E-state index in [0.29, 0.717) is 11.5 Å². The molecule has 0 saturated heterocycles. The minimum atomic E-state index is -0.593. The van der Waals surface area contributed by atoms with Crippen molar-refractivity contribution in [3.8, 4) is 11.5 Å². The predicted octanol–water partition coefficient (Wildman–Crippen LogP) is 3.59. The van der Waals surface area contributed by atoms with E-state index in [1.54, 1.807) is 24.3 Å². The molecule has 0 spiro atoms. The number of esters is 2. The SMILES string of the molecule is O=C(Oc1cccc(OC(=O)C2CCCC2)c1)c1ccco1. The fourth-order valence-electron chi connectivity index (χ4n) is 2.51. The second kappa shape index (κ2) is 6.47. The molecule has 0 radical (unpaired) electrons. The number of ether oxygens (including phenoxy) is 2. The zero-order valence-corrected chi connectivity index (χ0v) is 12.0. The Kier molecular flexibility index (Phi) is 4.23. The Hall–Kier alpha value is -2.56. The van der Waals surface area contributed by atoms with E-state index in [2.05, 4.69) is 0 Å². The molecule has 1 heterocycles. The minimum Gasteiger partial charge on any atom is -0.457 e. The van der Waals surface area contributed by atoms with Crippen LogP contribution in [0.2, 0.25) is 0 Å². The van der Waals surface area contributed by atoms with Gasteiger partial charge < -0.3 is 13.9 Å². The van der Waals surface area contributed by atoms with Gasteiger partial charge in [0.2, 0.25) is 5.76 Å². The second-order valence-corrected chi connectivity index (χ2v) is 5.24. The van der Waals surface area contributed by atoms with Crippen LogP contribution in [-0.4, -0.2) is 11.9 Å². The molecule has 1 fully saturated rings. The van der Waals surface area contributed by atoms with Crippen LogP contribution in [0.3, 0.4) is 0 Å². The Morgan fingerprint density at radius 1 is 1.00 bits per heavy atom. The number of hydrogen-bond acceptors (Lipinski definition) is 5. The van der Waals surface area contributed by atoms with Crippen LogP contribution in [0.25, 0.3) is 0 Å². The summed E-state index contributed by atoms with van der Waals surface area (Å²) < 4.78 is 15.5. The van der Waals surface area contributed by atoms with Crippen molar-refractivity contribution in [2.75, 3.05) is 0 Å². The Labute approximate surface area is 127 Å². The lowest BCUT2D eigenvalue weighted by Gasteiger charge is -2.10. The first-order valence-corrected chi connectivity index (χ1v) is 7.30. The molecule has 22 heavy (non-hydrogen) atoms. The van der Waals surface area contributed by atoms with Crippen molar-refractivity contribution < 1.29 is 23.5 Å². The van der Waals surface area contributed by atoms with Crippen molar-refractivity contribution in [3.05, 3.63) is 48.4 Å². The maximum atomic E-state index is 12.0. The molecular formula is C17H16O5. The highest BCUT2D eigenvalue weighted by atomic mass is 16.6. The van der Waals surface area contributed by atoms with Crippen molar-refractivity contribution in [1.82, 2.24) is 0 Å². The number of hydrogen-bond donors (Lipinski definition) is 0. The normalized spacial score (nSPS) is 14.7. The van der Waals surface area contributed by atoms with Gasteiger partial charge >= 0.3 is 11.9 Å². The lowest BCUT2D eigenvalue weighted by Crippen LogP contribution is -2.17. The van der Waals surface area contributed by atoms with Crippen molar-refractivity contribution in [3.63, 3.8) is 0 Å². The van der Waals surface area contributed by atoms with Crippen LogP contribution >= 0.6 is 0 Å². The molecule has 0 N–H and O–H groups in total. The molecule has 3 rings (SSSR count). The molecule has 2 aromatic rings. The lowest BCUT2D eigenvalue weighted by atomic mass is 10.1. The highest BCUT2D eigenvalue weighted by Crippen LogP contribution is 2.27. The maximum absolute atomic E-state index is 12.0. The molecule has 5 heteroatoms. The van der Waals surface area contributed by atoms with Crippen LogP contribution in [0.5, 0.6) is 11.5 Å². The molecule has 1 aliphatic carbocycles. The molecule has 0 unspecified atom stereocenters. The summed E-state index contributed by atoms with van der Waals surface area (Å²) in [5, 5.41) is 0. The molecule has 1 saturated carbocycles. The van der Waals surface area contributed by atoms with E-state index in [9.17, 15) is 9.59 Å². The standard InChI is InChI=1S/C17H16O5/c18-16(12-5-1-2-6-12)21-13-7-3-8-14(11-13)22-17(19)15-9-4-10-20-15/h3-4,7-12H,1-2,5-6H2. The van der Waals surface area contributed by atoms with Gasteiger partial charge in [-0.3, -0.25) is 4.79 Å². The van der Waals surface area contributed by atoms with E-state index in [1.807, 2.05) is 0 Å². The van der Waals surface area contributed by atoms with Gasteiger partial charge in [0.05, 0.1) is 12.2 Å². The largest absolute Gasteiger partial charge is 0.457 e. The first-order valence-electron chi connectivity index (χ1n) is 7.30. The third kappa shape index (κ3) is 3.36. The van der Waals surface area contributed by atoms with Crippen molar-refractivity contribution >= 4 is 11.9 Å². The first-order chi connectivity index (χ1) is 10.7. The van der Waals surface area contributed by atoms with Gasteiger partial charge in [-0.15, -0.1) is 0 Å². The third-order valence-electron chi connectivity index (χ3n) is 3.65. The first kappa shape index (κ1) is 14.4. The molecule has 5 nitrogen and oxygen atoms in total. The van der Waals surface area contributed by atoms with Crippen molar-refractivity contribution in [2.45, 2.75) is 25.7 Å². The molecule has 0 aliphatic heterocycles. The van der Waals surface area contributed by atoms with E-state index < -0.39 is 5.97 Å². The van der Waals surface area contributed by atoms with Gasteiger partial charge in [0.25, 0.3) is 0 Å². The van der Waals surface area contributed by atoms with Crippen LogP contribution in [0.15, 0.2) is 47.1 Å². The Morgan fingerprint density at radius 2 is 1.73 bits per heavy atom. The van der Waals surface area contributed by atoms with E-state index in [1.165, 1.54) is 18.4 Å². The van der Waals surface area contributed by atoms with Gasteiger partial charge in [0, 0.05) is 6.07 Å². The number of rotatable bonds is 4. The minimum absolute atomic E-state index is 0.0191. The second-order valence-electron chi connectivity index (χ2n) is 5.24. The number of carbonyl (C=O) groups is 2. The fraction of sp³-hybridized carbons (Fsp3) is 0.294. The summed E-state index contributed by atoms with van der Waals surface area (Å²) in [5.74, 6) is -0.0290. The quantitative estimate of drug-likeness (QED) is 0.637. The summed E-state index contributed by atoms with van der Waals surface area (Å²) in [6.07, 6.45) is 5.30. The van der Waals surface area contributed by atoms with E-state index >= 15 is 0 Å². The molecular weight excluding hydrogens is 284 g/mol. The summed E-state index contributed by atoms with van der Waals surface area (Å²) in [5.41, 5.74) is 0. The highest BCUT2D eigenvalue weighted by molar-refractivity contribution is 5.88. The Bertz CT molecular complexity index is 653. The average Bonchev–Trinajstić information content (AvgIpc) is 3.21. The zero-order valence-electron chi connectivity index (χ0n) is 12.0. The molecule has 1 aromatic carbocycles. The van der Waals surface area contributed by atoms with Crippen molar-refractivity contribution in [2.24, 2.45) is 5.92 Å². The Balaban J connectivity index is 1.64. The van der Waals surface area contributed by atoms with Gasteiger partial charge in [-0.1, -0.05) is 18.9 Å². The summed E-state index contributed by atoms with van der Waals surface area (Å²) in [6, 6.07) is 9.60. The van der Waals surface area contributed by atoms with Crippen LogP contribution in [-0.2, 0) is 4.79 Å².